The van der Waals surface area contributed by atoms with E-state index in [1.165, 1.54) is 7.11 Å². The number of rotatable bonds is 5. The molecule has 1 aliphatic carbocycles. The highest BCUT2D eigenvalue weighted by molar-refractivity contribution is 6.01. The fraction of sp³-hybridized carbons (Fsp3) is 0.333. The molecule has 4 heteroatoms. The van der Waals surface area contributed by atoms with Gasteiger partial charge in [0.05, 0.1) is 26.2 Å². The summed E-state index contributed by atoms with van der Waals surface area (Å²) in [7, 11) is 1.31. The third-order valence-electron chi connectivity index (χ3n) is 3.00. The Morgan fingerprint density at radius 1 is 1.32 bits per heavy atom. The van der Waals surface area contributed by atoms with E-state index in [9.17, 15) is 9.59 Å². The molecule has 1 aromatic carbocycles. The Labute approximate surface area is 112 Å². The van der Waals surface area contributed by atoms with Gasteiger partial charge in [0, 0.05) is 12.0 Å². The van der Waals surface area contributed by atoms with Gasteiger partial charge in [0.15, 0.2) is 5.78 Å². The van der Waals surface area contributed by atoms with Gasteiger partial charge in [-0.05, 0) is 11.6 Å². The van der Waals surface area contributed by atoms with Crippen LogP contribution in [0.2, 0.25) is 0 Å². The van der Waals surface area contributed by atoms with Crippen LogP contribution in [0.15, 0.2) is 42.0 Å². The summed E-state index contributed by atoms with van der Waals surface area (Å²) in [4.78, 5) is 22.8. The van der Waals surface area contributed by atoms with Crippen LogP contribution >= 0.6 is 0 Å². The van der Waals surface area contributed by atoms with Crippen LogP contribution in [0.3, 0.4) is 0 Å². The van der Waals surface area contributed by atoms with E-state index >= 15 is 0 Å². The highest BCUT2D eigenvalue weighted by Gasteiger charge is 2.26. The monoisotopic (exact) mass is 260 g/mol. The number of ether oxygens (including phenoxy) is 2. The second-order valence-electron chi connectivity index (χ2n) is 4.41. The maximum Gasteiger partial charge on any atom is 0.310 e. The fourth-order valence-electron chi connectivity index (χ4n) is 1.96. The average molecular weight is 260 g/mol. The Balaban J connectivity index is 1.89. The molecule has 1 aromatic rings. The normalized spacial score (nSPS) is 18.3. The van der Waals surface area contributed by atoms with Gasteiger partial charge in [-0.2, -0.15) is 0 Å². The number of Topliss-reactive ketones (excluding diaryl/α,β-unsaturated/α-hetero) is 1. The van der Waals surface area contributed by atoms with Crippen LogP contribution in [0.4, 0.5) is 0 Å². The van der Waals surface area contributed by atoms with Crippen molar-refractivity contribution in [3.8, 4) is 0 Å². The lowest BCUT2D eigenvalue weighted by atomic mass is 10.1. The zero-order valence-corrected chi connectivity index (χ0v) is 10.8. The number of ketones is 1. The molecule has 4 nitrogen and oxygen atoms in total. The molecule has 0 amide bonds. The molecule has 100 valence electrons. The third kappa shape index (κ3) is 3.76. The zero-order valence-electron chi connectivity index (χ0n) is 10.8. The van der Waals surface area contributed by atoms with Gasteiger partial charge in [-0.25, -0.2) is 0 Å². The summed E-state index contributed by atoms with van der Waals surface area (Å²) in [6.45, 7) is 0.459. The molecule has 0 N–H and O–H groups in total. The van der Waals surface area contributed by atoms with Gasteiger partial charge in [-0.3, -0.25) is 9.59 Å². The van der Waals surface area contributed by atoms with Crippen molar-refractivity contribution < 1.29 is 19.1 Å². The highest BCUT2D eigenvalue weighted by Crippen LogP contribution is 2.21. The lowest BCUT2D eigenvalue weighted by Crippen LogP contribution is -2.09. The van der Waals surface area contributed by atoms with E-state index < -0.39 is 5.97 Å². The van der Waals surface area contributed by atoms with Gasteiger partial charge in [0.2, 0.25) is 0 Å². The summed E-state index contributed by atoms with van der Waals surface area (Å²) in [5.74, 6) is -0.438. The molecule has 0 bridgehead atoms. The Morgan fingerprint density at radius 2 is 2.05 bits per heavy atom. The van der Waals surface area contributed by atoms with E-state index in [0.717, 1.165) is 5.56 Å². The van der Waals surface area contributed by atoms with E-state index in [1.54, 1.807) is 6.08 Å². The molecule has 0 aliphatic heterocycles. The zero-order chi connectivity index (χ0) is 13.7. The molecule has 0 unspecified atom stereocenters. The van der Waals surface area contributed by atoms with E-state index in [4.69, 9.17) is 4.74 Å². The van der Waals surface area contributed by atoms with Crippen LogP contribution in [0.25, 0.3) is 0 Å². The SMILES string of the molecule is COC(=O)CC1=C[C@H](OCc2ccccc2)CC1=O. The van der Waals surface area contributed by atoms with Gasteiger partial charge in [0.1, 0.15) is 0 Å². The number of methoxy groups -OCH3 is 1. The first kappa shape index (κ1) is 13.5. The topological polar surface area (TPSA) is 52.6 Å². The van der Waals surface area contributed by atoms with Crippen molar-refractivity contribution in [2.24, 2.45) is 0 Å². The molecule has 0 spiro atoms. The smallest absolute Gasteiger partial charge is 0.310 e. The van der Waals surface area contributed by atoms with Crippen molar-refractivity contribution in [3.63, 3.8) is 0 Å². The molecular formula is C15H16O4. The van der Waals surface area contributed by atoms with E-state index in [0.29, 0.717) is 18.6 Å². The summed E-state index contributed by atoms with van der Waals surface area (Å²) >= 11 is 0. The molecule has 0 aromatic heterocycles. The molecule has 1 aliphatic rings. The number of carbonyl (C=O) groups is 2. The lowest BCUT2D eigenvalue weighted by molar-refractivity contribution is -0.140. The number of carbonyl (C=O) groups excluding carboxylic acids is 2. The molecule has 19 heavy (non-hydrogen) atoms. The second-order valence-corrected chi connectivity index (χ2v) is 4.41. The largest absolute Gasteiger partial charge is 0.469 e. The van der Waals surface area contributed by atoms with E-state index in [-0.39, 0.29) is 18.3 Å². The Hall–Kier alpha value is -1.94. The molecular weight excluding hydrogens is 244 g/mol. The Bertz CT molecular complexity index is 490. The van der Waals surface area contributed by atoms with Crippen LogP contribution in [0.5, 0.6) is 0 Å². The van der Waals surface area contributed by atoms with Crippen LogP contribution in [-0.2, 0) is 25.7 Å². The maximum absolute atomic E-state index is 11.7. The molecule has 2 rings (SSSR count). The van der Waals surface area contributed by atoms with Crippen LogP contribution in [-0.4, -0.2) is 25.0 Å². The predicted molar refractivity (Wildman–Crippen MR) is 69.4 cm³/mol. The van der Waals surface area contributed by atoms with E-state index in [1.807, 2.05) is 30.3 Å². The van der Waals surface area contributed by atoms with Crippen LogP contribution < -0.4 is 0 Å². The predicted octanol–water partition coefficient (Wildman–Crippen LogP) is 2.03. The quantitative estimate of drug-likeness (QED) is 0.760. The summed E-state index contributed by atoms with van der Waals surface area (Å²) < 4.78 is 10.2. The van der Waals surface area contributed by atoms with Crippen LogP contribution in [0.1, 0.15) is 18.4 Å². The maximum atomic E-state index is 11.7. The van der Waals surface area contributed by atoms with Gasteiger partial charge in [-0.1, -0.05) is 30.3 Å². The number of benzene rings is 1. The van der Waals surface area contributed by atoms with Crippen molar-refractivity contribution in [2.75, 3.05) is 7.11 Å². The third-order valence-corrected chi connectivity index (χ3v) is 3.00. The van der Waals surface area contributed by atoms with E-state index in [2.05, 4.69) is 4.74 Å². The second kappa shape index (κ2) is 6.29. The summed E-state index contributed by atoms with van der Waals surface area (Å²) in [6, 6.07) is 9.76. The molecule has 0 fully saturated rings. The molecule has 0 radical (unpaired) electrons. The summed E-state index contributed by atoms with van der Waals surface area (Å²) in [5.41, 5.74) is 1.55. The van der Waals surface area contributed by atoms with Gasteiger partial charge >= 0.3 is 5.97 Å². The summed E-state index contributed by atoms with van der Waals surface area (Å²) in [5, 5.41) is 0. The highest BCUT2D eigenvalue weighted by atomic mass is 16.5. The van der Waals surface area contributed by atoms with Crippen molar-refractivity contribution in [1.29, 1.82) is 0 Å². The van der Waals surface area contributed by atoms with Gasteiger partial charge in [0.25, 0.3) is 0 Å². The first-order valence-corrected chi connectivity index (χ1v) is 6.15. The minimum absolute atomic E-state index is 0.0283. The lowest BCUT2D eigenvalue weighted by Gasteiger charge is -2.08. The number of esters is 1. The standard InChI is InChI=1S/C15H16O4/c1-18-15(17)8-12-7-13(9-14(12)16)19-10-11-5-3-2-4-6-11/h2-7,13H,8-10H2,1H3/t13-/m0/s1. The van der Waals surface area contributed by atoms with Crippen molar-refractivity contribution in [1.82, 2.24) is 0 Å². The number of hydrogen-bond donors (Lipinski definition) is 0. The minimum Gasteiger partial charge on any atom is -0.469 e. The first-order chi connectivity index (χ1) is 9.19. The molecule has 1 atom stereocenters. The first-order valence-electron chi connectivity index (χ1n) is 6.15. The Morgan fingerprint density at radius 3 is 2.74 bits per heavy atom. The summed E-state index contributed by atoms with van der Waals surface area (Å²) in [6.07, 6.45) is 1.81. The van der Waals surface area contributed by atoms with Gasteiger partial charge in [-0.15, -0.1) is 0 Å². The minimum atomic E-state index is -0.400. The van der Waals surface area contributed by atoms with Crippen molar-refractivity contribution in [2.45, 2.75) is 25.6 Å². The van der Waals surface area contributed by atoms with Crippen molar-refractivity contribution in [3.05, 3.63) is 47.5 Å². The van der Waals surface area contributed by atoms with Gasteiger partial charge < -0.3 is 9.47 Å². The Kier molecular flexibility index (Phi) is 4.47. The molecule has 0 saturated heterocycles. The fourth-order valence-corrected chi connectivity index (χ4v) is 1.96. The molecule has 0 heterocycles. The van der Waals surface area contributed by atoms with Crippen molar-refractivity contribution >= 4 is 11.8 Å². The molecule has 0 saturated carbocycles. The average Bonchev–Trinajstić information content (AvgIpc) is 2.78. The van der Waals surface area contributed by atoms with Crippen LogP contribution in [0, 0.1) is 0 Å². The number of hydrogen-bond acceptors (Lipinski definition) is 4.